The number of nitrogens with one attached hydrogen (secondary N) is 1. The second kappa shape index (κ2) is 5.06. The van der Waals surface area contributed by atoms with E-state index in [0.29, 0.717) is 26.1 Å². The summed E-state index contributed by atoms with van der Waals surface area (Å²) in [4.78, 5) is 11.5. The molecule has 1 fully saturated rings. The minimum absolute atomic E-state index is 0.476. The Morgan fingerprint density at radius 2 is 2.00 bits per heavy atom. The number of benzene rings is 1. The van der Waals surface area contributed by atoms with Gasteiger partial charge in [-0.1, -0.05) is 12.1 Å². The van der Waals surface area contributed by atoms with Gasteiger partial charge in [0, 0.05) is 36.2 Å². The van der Waals surface area contributed by atoms with Gasteiger partial charge >= 0.3 is 5.97 Å². The predicted molar refractivity (Wildman–Crippen MR) is 68.2 cm³/mol. The van der Waals surface area contributed by atoms with Gasteiger partial charge in [0.2, 0.25) is 0 Å². The number of halogens is 1. The molecule has 0 spiro atoms. The fraction of sp³-hybridized carbons (Fsp3) is 0.417. The van der Waals surface area contributed by atoms with Crippen LogP contribution in [-0.4, -0.2) is 29.8 Å². The second-order valence-corrected chi connectivity index (χ2v) is 4.96. The van der Waals surface area contributed by atoms with Crippen LogP contribution in [0, 0.1) is 0 Å². The first-order chi connectivity index (χ1) is 8.14. The lowest BCUT2D eigenvalue weighted by Gasteiger charge is -2.35. The molecule has 5 heteroatoms. The lowest BCUT2D eigenvalue weighted by Crippen LogP contribution is -2.50. The summed E-state index contributed by atoms with van der Waals surface area (Å²) in [5, 5.41) is 12.5. The molecule has 1 aliphatic heterocycles. The number of hydrogen-bond donors (Lipinski definition) is 2. The highest BCUT2D eigenvalue weighted by Crippen LogP contribution is 2.30. The van der Waals surface area contributed by atoms with Crippen LogP contribution in [0.15, 0.2) is 28.7 Å². The fourth-order valence-electron chi connectivity index (χ4n) is 1.93. The number of anilines is 1. The van der Waals surface area contributed by atoms with Crippen LogP contribution in [0.2, 0.25) is 0 Å². The highest BCUT2D eigenvalue weighted by Gasteiger charge is 2.40. The van der Waals surface area contributed by atoms with Gasteiger partial charge in [0.05, 0.1) is 0 Å². The number of ether oxygens (including phenoxy) is 1. The molecule has 0 aliphatic carbocycles. The van der Waals surface area contributed by atoms with Crippen LogP contribution < -0.4 is 5.32 Å². The summed E-state index contributed by atoms with van der Waals surface area (Å²) in [6, 6.07) is 7.52. The van der Waals surface area contributed by atoms with Crippen molar-refractivity contribution in [1.29, 1.82) is 0 Å². The first-order valence-electron chi connectivity index (χ1n) is 5.48. The Morgan fingerprint density at radius 1 is 1.35 bits per heavy atom. The van der Waals surface area contributed by atoms with Gasteiger partial charge in [0.15, 0.2) is 0 Å². The Kier molecular flexibility index (Phi) is 3.69. The van der Waals surface area contributed by atoms with Gasteiger partial charge in [-0.25, -0.2) is 4.79 Å². The molecule has 0 radical (unpaired) electrons. The minimum Gasteiger partial charge on any atom is -0.480 e. The van der Waals surface area contributed by atoms with Crippen molar-refractivity contribution in [3.63, 3.8) is 0 Å². The van der Waals surface area contributed by atoms with E-state index in [1.54, 1.807) is 0 Å². The van der Waals surface area contributed by atoms with E-state index in [0.717, 1.165) is 10.2 Å². The first-order valence-corrected chi connectivity index (χ1v) is 6.27. The fourth-order valence-corrected chi connectivity index (χ4v) is 2.32. The number of rotatable bonds is 3. The van der Waals surface area contributed by atoms with Crippen LogP contribution in [-0.2, 0) is 9.53 Å². The number of carboxylic acid groups (broad SMARTS) is 1. The van der Waals surface area contributed by atoms with Crippen molar-refractivity contribution < 1.29 is 14.6 Å². The molecular formula is C12H14BrNO3. The molecule has 17 heavy (non-hydrogen) atoms. The van der Waals surface area contributed by atoms with Crippen LogP contribution in [0.3, 0.4) is 0 Å². The lowest BCUT2D eigenvalue weighted by atomic mass is 9.90. The number of carboxylic acids is 1. The van der Waals surface area contributed by atoms with Gasteiger partial charge in [-0.3, -0.25) is 0 Å². The molecule has 0 aromatic heterocycles. The molecule has 1 saturated heterocycles. The maximum absolute atomic E-state index is 11.5. The van der Waals surface area contributed by atoms with E-state index < -0.39 is 11.5 Å². The number of hydrogen-bond acceptors (Lipinski definition) is 3. The summed E-state index contributed by atoms with van der Waals surface area (Å²) in [6.45, 7) is 0.952. The average Bonchev–Trinajstić information content (AvgIpc) is 2.33. The lowest BCUT2D eigenvalue weighted by molar-refractivity contribution is -0.145. The van der Waals surface area contributed by atoms with Crippen molar-refractivity contribution >= 4 is 27.6 Å². The monoisotopic (exact) mass is 299 g/mol. The Bertz CT molecular complexity index is 416. The molecule has 2 N–H and O–H groups in total. The zero-order chi connectivity index (χ0) is 12.3. The Labute approximate surface area is 108 Å². The predicted octanol–water partition coefficient (Wildman–Crippen LogP) is 2.49. The Hall–Kier alpha value is -1.07. The highest BCUT2D eigenvalue weighted by molar-refractivity contribution is 9.10. The van der Waals surface area contributed by atoms with E-state index >= 15 is 0 Å². The molecule has 0 saturated carbocycles. The summed E-state index contributed by atoms with van der Waals surface area (Å²) in [5.74, 6) is -0.823. The Morgan fingerprint density at radius 3 is 2.59 bits per heavy atom. The molecular weight excluding hydrogens is 286 g/mol. The van der Waals surface area contributed by atoms with Gasteiger partial charge in [-0.2, -0.15) is 0 Å². The quantitative estimate of drug-likeness (QED) is 0.900. The third-order valence-corrected chi connectivity index (χ3v) is 3.70. The van der Waals surface area contributed by atoms with E-state index in [1.807, 2.05) is 24.3 Å². The largest absolute Gasteiger partial charge is 0.480 e. The second-order valence-electron chi connectivity index (χ2n) is 4.10. The smallest absolute Gasteiger partial charge is 0.329 e. The van der Waals surface area contributed by atoms with Gasteiger partial charge in [-0.15, -0.1) is 0 Å². The van der Waals surface area contributed by atoms with E-state index in [9.17, 15) is 9.90 Å². The van der Waals surface area contributed by atoms with Gasteiger partial charge < -0.3 is 15.2 Å². The normalized spacial score (nSPS) is 18.6. The molecule has 1 aliphatic rings. The van der Waals surface area contributed by atoms with Crippen LogP contribution in [0.4, 0.5) is 5.69 Å². The molecule has 1 aromatic rings. The Balaban J connectivity index is 2.24. The summed E-state index contributed by atoms with van der Waals surface area (Å²) in [5.41, 5.74) is -0.112. The molecule has 2 rings (SSSR count). The van der Waals surface area contributed by atoms with Crippen molar-refractivity contribution in [2.24, 2.45) is 0 Å². The highest BCUT2D eigenvalue weighted by atomic mass is 79.9. The van der Waals surface area contributed by atoms with E-state index in [2.05, 4.69) is 21.2 Å². The minimum atomic E-state index is -0.915. The number of carbonyl (C=O) groups is 1. The standard InChI is InChI=1S/C12H14BrNO3/c13-9-3-1-2-4-10(9)14-12(11(15)16)5-7-17-8-6-12/h1-4,14H,5-8H2,(H,15,16). The topological polar surface area (TPSA) is 58.6 Å². The summed E-state index contributed by atoms with van der Waals surface area (Å²) in [7, 11) is 0. The van der Waals surface area contributed by atoms with Gasteiger partial charge in [-0.05, 0) is 28.1 Å². The van der Waals surface area contributed by atoms with Gasteiger partial charge in [0.25, 0.3) is 0 Å². The summed E-state index contributed by atoms with van der Waals surface area (Å²) < 4.78 is 6.10. The van der Waals surface area contributed by atoms with Crippen LogP contribution in [0.5, 0.6) is 0 Å². The van der Waals surface area contributed by atoms with Crippen LogP contribution in [0.25, 0.3) is 0 Å². The molecule has 4 nitrogen and oxygen atoms in total. The van der Waals surface area contributed by atoms with Crippen molar-refractivity contribution in [3.05, 3.63) is 28.7 Å². The first kappa shape index (κ1) is 12.4. The maximum atomic E-state index is 11.5. The van der Waals surface area contributed by atoms with Gasteiger partial charge in [0.1, 0.15) is 5.54 Å². The zero-order valence-electron chi connectivity index (χ0n) is 9.28. The van der Waals surface area contributed by atoms with E-state index in [1.165, 1.54) is 0 Å². The SMILES string of the molecule is O=C(O)C1(Nc2ccccc2Br)CCOCC1. The molecule has 92 valence electrons. The van der Waals surface area contributed by atoms with Crippen molar-refractivity contribution in [2.75, 3.05) is 18.5 Å². The molecule has 1 aromatic carbocycles. The zero-order valence-corrected chi connectivity index (χ0v) is 10.9. The number of aliphatic carboxylic acids is 1. The third kappa shape index (κ3) is 2.61. The van der Waals surface area contributed by atoms with Crippen molar-refractivity contribution in [3.8, 4) is 0 Å². The molecule has 0 atom stereocenters. The van der Waals surface area contributed by atoms with E-state index in [-0.39, 0.29) is 0 Å². The molecule has 0 bridgehead atoms. The van der Waals surface area contributed by atoms with Crippen molar-refractivity contribution in [2.45, 2.75) is 18.4 Å². The van der Waals surface area contributed by atoms with Crippen LogP contribution >= 0.6 is 15.9 Å². The molecule has 0 amide bonds. The number of para-hydroxylation sites is 1. The van der Waals surface area contributed by atoms with Crippen LogP contribution in [0.1, 0.15) is 12.8 Å². The summed E-state index contributed by atoms with van der Waals surface area (Å²) >= 11 is 3.41. The molecule has 0 unspecified atom stereocenters. The van der Waals surface area contributed by atoms with E-state index in [4.69, 9.17) is 4.74 Å². The average molecular weight is 300 g/mol. The maximum Gasteiger partial charge on any atom is 0.329 e. The molecule has 1 heterocycles. The van der Waals surface area contributed by atoms with Crippen molar-refractivity contribution in [1.82, 2.24) is 0 Å². The summed E-state index contributed by atoms with van der Waals surface area (Å²) in [6.07, 6.45) is 0.952. The third-order valence-electron chi connectivity index (χ3n) is 3.00.